The fourth-order valence-corrected chi connectivity index (χ4v) is 2.57. The first kappa shape index (κ1) is 27.2. The fourth-order valence-electron chi connectivity index (χ4n) is 2.57. The average Bonchev–Trinajstić information content (AvgIpc) is 2.55. The summed E-state index contributed by atoms with van der Waals surface area (Å²) >= 11 is 0. The molecule has 0 spiro atoms. The quantitative estimate of drug-likeness (QED) is 0.200. The molecule has 0 aliphatic carbocycles. The van der Waals surface area contributed by atoms with Crippen molar-refractivity contribution in [3.05, 3.63) is 0 Å². The summed E-state index contributed by atoms with van der Waals surface area (Å²) in [6.45, 7) is 18.3. The van der Waals surface area contributed by atoms with Crippen molar-refractivity contribution in [1.82, 2.24) is 20.9 Å². The molecule has 0 bridgehead atoms. The van der Waals surface area contributed by atoms with E-state index in [9.17, 15) is 4.79 Å². The van der Waals surface area contributed by atoms with Crippen molar-refractivity contribution in [3.8, 4) is 0 Å². The van der Waals surface area contributed by atoms with Crippen molar-refractivity contribution in [1.29, 1.82) is 0 Å². The van der Waals surface area contributed by atoms with Crippen LogP contribution in [-0.2, 0) is 9.47 Å². The Morgan fingerprint density at radius 2 is 1.79 bits per heavy atom. The lowest BCUT2D eigenvalue weighted by molar-refractivity contribution is 0.0376. The molecule has 0 radical (unpaired) electrons. The van der Waals surface area contributed by atoms with Crippen LogP contribution in [0.15, 0.2) is 4.99 Å². The third-order valence-electron chi connectivity index (χ3n) is 3.86. The molecule has 9 heteroatoms. The Morgan fingerprint density at radius 1 is 1.14 bits per heavy atom. The van der Waals surface area contributed by atoms with Gasteiger partial charge in [0.05, 0.1) is 25.3 Å². The number of rotatable bonds is 8. The Kier molecular flexibility index (Phi) is 13.0. The van der Waals surface area contributed by atoms with Crippen molar-refractivity contribution in [2.75, 3.05) is 52.5 Å². The normalized spacial score (nSPS) is 16.1. The standard InChI is InChI=1S/C19H39N5O3.HI/c1-7-20-16(21-9-8-10-24-11-13-26-14-12-24)22-15-19(5,6)23-17(25)27-18(2,3)4;/h7-15H2,1-6H3,(H,23,25)(H2,20,21,22);1H. The first-order valence-corrected chi connectivity index (χ1v) is 9.95. The van der Waals surface area contributed by atoms with Crippen LogP contribution in [0.4, 0.5) is 4.79 Å². The van der Waals surface area contributed by atoms with E-state index in [1.807, 2.05) is 41.5 Å². The molecular weight excluding hydrogens is 473 g/mol. The van der Waals surface area contributed by atoms with Gasteiger partial charge in [-0.3, -0.25) is 9.89 Å². The van der Waals surface area contributed by atoms with Gasteiger partial charge in [0.25, 0.3) is 0 Å². The van der Waals surface area contributed by atoms with Gasteiger partial charge in [0.1, 0.15) is 5.60 Å². The number of nitrogens with zero attached hydrogens (tertiary/aromatic N) is 2. The zero-order chi connectivity index (χ0) is 20.3. The number of amides is 1. The molecule has 0 aromatic rings. The Bertz CT molecular complexity index is 475. The second kappa shape index (κ2) is 13.4. The van der Waals surface area contributed by atoms with E-state index in [4.69, 9.17) is 9.47 Å². The summed E-state index contributed by atoms with van der Waals surface area (Å²) in [7, 11) is 0. The summed E-state index contributed by atoms with van der Waals surface area (Å²) in [6.07, 6.45) is 0.621. The third kappa shape index (κ3) is 13.4. The SMILES string of the molecule is CCNC(=NCC(C)(C)NC(=O)OC(C)(C)C)NCCCN1CCOCC1.I. The molecule has 28 heavy (non-hydrogen) atoms. The van der Waals surface area contributed by atoms with Gasteiger partial charge in [0.2, 0.25) is 0 Å². The molecule has 0 atom stereocenters. The molecule has 166 valence electrons. The van der Waals surface area contributed by atoms with Crippen LogP contribution >= 0.6 is 24.0 Å². The third-order valence-corrected chi connectivity index (χ3v) is 3.86. The highest BCUT2D eigenvalue weighted by atomic mass is 127. The van der Waals surface area contributed by atoms with Crippen LogP contribution in [0.1, 0.15) is 48.0 Å². The lowest BCUT2D eigenvalue weighted by atomic mass is 10.1. The second-order valence-electron chi connectivity index (χ2n) is 8.44. The van der Waals surface area contributed by atoms with Gasteiger partial charge in [-0.25, -0.2) is 4.79 Å². The van der Waals surface area contributed by atoms with Gasteiger partial charge >= 0.3 is 6.09 Å². The Labute approximate surface area is 187 Å². The van der Waals surface area contributed by atoms with E-state index in [0.717, 1.165) is 58.3 Å². The molecule has 1 heterocycles. The van der Waals surface area contributed by atoms with Gasteiger partial charge in [-0.05, 0) is 54.5 Å². The number of morpholine rings is 1. The molecule has 8 nitrogen and oxygen atoms in total. The van der Waals surface area contributed by atoms with E-state index in [1.54, 1.807) is 0 Å². The fraction of sp³-hybridized carbons (Fsp3) is 0.895. The molecule has 0 saturated carbocycles. The number of carbonyl (C=O) groups excluding carboxylic acids is 1. The maximum absolute atomic E-state index is 12.0. The van der Waals surface area contributed by atoms with Gasteiger partial charge in [-0.1, -0.05) is 0 Å². The minimum Gasteiger partial charge on any atom is -0.444 e. The van der Waals surface area contributed by atoms with E-state index < -0.39 is 17.2 Å². The van der Waals surface area contributed by atoms with Gasteiger partial charge in [-0.15, -0.1) is 24.0 Å². The number of carbonyl (C=O) groups is 1. The van der Waals surface area contributed by atoms with Crippen LogP contribution < -0.4 is 16.0 Å². The zero-order valence-electron chi connectivity index (χ0n) is 18.4. The molecule has 1 amide bonds. The van der Waals surface area contributed by atoms with Gasteiger partial charge < -0.3 is 25.4 Å². The smallest absolute Gasteiger partial charge is 0.408 e. The van der Waals surface area contributed by atoms with Gasteiger partial charge in [-0.2, -0.15) is 0 Å². The van der Waals surface area contributed by atoms with E-state index in [1.165, 1.54) is 0 Å². The maximum atomic E-state index is 12.0. The summed E-state index contributed by atoms with van der Waals surface area (Å²) in [6, 6.07) is 0. The number of alkyl carbamates (subject to hydrolysis) is 1. The van der Waals surface area contributed by atoms with E-state index >= 15 is 0 Å². The van der Waals surface area contributed by atoms with E-state index in [-0.39, 0.29) is 24.0 Å². The van der Waals surface area contributed by atoms with Crippen LogP contribution in [-0.4, -0.2) is 80.6 Å². The first-order chi connectivity index (χ1) is 12.6. The van der Waals surface area contributed by atoms with Crippen LogP contribution in [0, 0.1) is 0 Å². The predicted molar refractivity (Wildman–Crippen MR) is 125 cm³/mol. The molecule has 1 saturated heterocycles. The van der Waals surface area contributed by atoms with Gasteiger partial charge in [0.15, 0.2) is 5.96 Å². The predicted octanol–water partition coefficient (Wildman–Crippen LogP) is 2.19. The molecular formula is C19H40IN5O3. The lowest BCUT2D eigenvalue weighted by Crippen LogP contribution is -2.49. The van der Waals surface area contributed by atoms with Crippen molar-refractivity contribution in [2.45, 2.75) is 59.1 Å². The molecule has 1 aliphatic heterocycles. The van der Waals surface area contributed by atoms with Crippen molar-refractivity contribution < 1.29 is 14.3 Å². The summed E-state index contributed by atoms with van der Waals surface area (Å²) in [5.74, 6) is 0.763. The highest BCUT2D eigenvalue weighted by molar-refractivity contribution is 14.0. The van der Waals surface area contributed by atoms with Crippen molar-refractivity contribution >= 4 is 36.0 Å². The van der Waals surface area contributed by atoms with E-state index in [2.05, 4.69) is 25.8 Å². The Hall–Kier alpha value is -0.810. The number of guanidine groups is 1. The zero-order valence-corrected chi connectivity index (χ0v) is 20.7. The summed E-state index contributed by atoms with van der Waals surface area (Å²) in [4.78, 5) is 19.0. The summed E-state index contributed by atoms with van der Waals surface area (Å²) in [5.41, 5.74) is -1.01. The van der Waals surface area contributed by atoms with Gasteiger partial charge in [0, 0.05) is 26.2 Å². The molecule has 0 aromatic heterocycles. The number of halogens is 1. The Balaban J connectivity index is 0.00000729. The average molecular weight is 513 g/mol. The number of aliphatic imine (C=N–C) groups is 1. The van der Waals surface area contributed by atoms with Crippen molar-refractivity contribution in [3.63, 3.8) is 0 Å². The number of hydrogen-bond donors (Lipinski definition) is 3. The molecule has 1 fully saturated rings. The van der Waals surface area contributed by atoms with Crippen molar-refractivity contribution in [2.24, 2.45) is 4.99 Å². The number of hydrogen-bond acceptors (Lipinski definition) is 5. The molecule has 0 aromatic carbocycles. The number of ether oxygens (including phenoxy) is 2. The molecule has 0 unspecified atom stereocenters. The Morgan fingerprint density at radius 3 is 2.36 bits per heavy atom. The molecule has 3 N–H and O–H groups in total. The number of nitrogens with one attached hydrogen (secondary N) is 3. The van der Waals surface area contributed by atoms with Crippen LogP contribution in [0.5, 0.6) is 0 Å². The summed E-state index contributed by atoms with van der Waals surface area (Å²) in [5, 5.41) is 9.49. The molecule has 1 rings (SSSR count). The minimum absolute atomic E-state index is 0. The largest absolute Gasteiger partial charge is 0.444 e. The topological polar surface area (TPSA) is 87.2 Å². The monoisotopic (exact) mass is 513 g/mol. The van der Waals surface area contributed by atoms with Crippen LogP contribution in [0.25, 0.3) is 0 Å². The van der Waals surface area contributed by atoms with E-state index in [0.29, 0.717) is 6.54 Å². The second-order valence-corrected chi connectivity index (χ2v) is 8.44. The van der Waals surface area contributed by atoms with Crippen LogP contribution in [0.3, 0.4) is 0 Å². The minimum atomic E-state index is -0.513. The highest BCUT2D eigenvalue weighted by Gasteiger charge is 2.24. The first-order valence-electron chi connectivity index (χ1n) is 9.95. The highest BCUT2D eigenvalue weighted by Crippen LogP contribution is 2.09. The van der Waals surface area contributed by atoms with Crippen LogP contribution in [0.2, 0.25) is 0 Å². The summed E-state index contributed by atoms with van der Waals surface area (Å²) < 4.78 is 10.7. The lowest BCUT2D eigenvalue weighted by Gasteiger charge is -2.28. The molecule has 1 aliphatic rings. The maximum Gasteiger partial charge on any atom is 0.408 e.